The van der Waals surface area contributed by atoms with E-state index in [1.54, 1.807) is 39.8 Å². The highest BCUT2D eigenvalue weighted by Gasteiger charge is 2.21. The summed E-state index contributed by atoms with van der Waals surface area (Å²) in [4.78, 5) is 24.4. The molecular weight excluding hydrogens is 344 g/mol. The van der Waals surface area contributed by atoms with Crippen LogP contribution in [0.4, 0.5) is 0 Å². The Bertz CT molecular complexity index is 1250. The molecule has 134 valence electrons. The van der Waals surface area contributed by atoms with Gasteiger partial charge in [-0.15, -0.1) is 0 Å². The lowest BCUT2D eigenvalue weighted by molar-refractivity contribution is 0.370. The molecule has 0 saturated carbocycles. The zero-order valence-electron chi connectivity index (χ0n) is 14.4. The van der Waals surface area contributed by atoms with Gasteiger partial charge in [-0.25, -0.2) is 19.3 Å². The van der Waals surface area contributed by atoms with Gasteiger partial charge in [0, 0.05) is 12.7 Å². The predicted molar refractivity (Wildman–Crippen MR) is 98.2 cm³/mol. The highest BCUT2D eigenvalue weighted by atomic mass is 16.1. The number of pyridine rings is 1. The lowest BCUT2D eigenvalue weighted by atomic mass is 10.1. The Hall–Kier alpha value is -3.51. The molecular formula is C18H16N8O. The average molecular weight is 360 g/mol. The third-order valence-corrected chi connectivity index (χ3v) is 4.98. The first kappa shape index (κ1) is 15.7. The summed E-state index contributed by atoms with van der Waals surface area (Å²) in [5.41, 5.74) is 3.04. The van der Waals surface area contributed by atoms with Crippen LogP contribution in [0, 0.1) is 11.3 Å². The standard InChI is InChI=1S/C18H16N8O/c19-7-11-3-5-25-15(6-11)13(9-22-25)16-21-10-14-17(24-16)26(18(27)23-14)12-2-1-4-20-8-12/h3,5-6,9-10,12,20H,1-2,4,8H2,(H,23,27)/t12-/m1/s1. The quantitative estimate of drug-likeness (QED) is 0.555. The molecule has 5 heterocycles. The number of hydrogen-bond donors (Lipinski definition) is 2. The highest BCUT2D eigenvalue weighted by Crippen LogP contribution is 2.25. The maximum Gasteiger partial charge on any atom is 0.328 e. The molecule has 1 saturated heterocycles. The van der Waals surface area contributed by atoms with E-state index in [2.05, 4.69) is 31.4 Å². The summed E-state index contributed by atoms with van der Waals surface area (Å²) in [6.07, 6.45) is 6.99. The van der Waals surface area contributed by atoms with Gasteiger partial charge >= 0.3 is 5.69 Å². The van der Waals surface area contributed by atoms with Crippen LogP contribution in [0.25, 0.3) is 28.1 Å². The number of imidazole rings is 1. The highest BCUT2D eigenvalue weighted by molar-refractivity contribution is 5.80. The van der Waals surface area contributed by atoms with Gasteiger partial charge in [0.25, 0.3) is 0 Å². The number of H-pyrrole nitrogens is 1. The zero-order valence-corrected chi connectivity index (χ0v) is 14.4. The van der Waals surface area contributed by atoms with Gasteiger partial charge in [-0.3, -0.25) is 4.57 Å². The molecule has 9 heteroatoms. The summed E-state index contributed by atoms with van der Waals surface area (Å²) in [6, 6.07) is 5.66. The van der Waals surface area contributed by atoms with Gasteiger partial charge in [0.2, 0.25) is 0 Å². The van der Waals surface area contributed by atoms with Crippen molar-refractivity contribution >= 4 is 16.7 Å². The smallest absolute Gasteiger partial charge is 0.315 e. The molecule has 0 aliphatic carbocycles. The van der Waals surface area contributed by atoms with E-state index in [-0.39, 0.29) is 11.7 Å². The van der Waals surface area contributed by atoms with Crippen molar-refractivity contribution in [1.29, 1.82) is 5.26 Å². The number of hydrogen-bond acceptors (Lipinski definition) is 6. The fourth-order valence-corrected chi connectivity index (χ4v) is 3.66. The summed E-state index contributed by atoms with van der Waals surface area (Å²) < 4.78 is 3.40. The molecule has 4 aromatic rings. The number of nitriles is 1. The van der Waals surface area contributed by atoms with Gasteiger partial charge < -0.3 is 10.3 Å². The van der Waals surface area contributed by atoms with Crippen molar-refractivity contribution < 1.29 is 0 Å². The number of fused-ring (bicyclic) bond motifs is 2. The normalized spacial score (nSPS) is 17.4. The summed E-state index contributed by atoms with van der Waals surface area (Å²) in [6.45, 7) is 1.71. The van der Waals surface area contributed by atoms with Crippen molar-refractivity contribution in [3.05, 3.63) is 46.8 Å². The van der Waals surface area contributed by atoms with E-state index in [0.717, 1.165) is 37.0 Å². The second-order valence-corrected chi connectivity index (χ2v) is 6.65. The molecule has 0 spiro atoms. The number of nitrogens with one attached hydrogen (secondary N) is 2. The Morgan fingerprint density at radius 3 is 3.07 bits per heavy atom. The first-order chi connectivity index (χ1) is 13.2. The second-order valence-electron chi connectivity index (χ2n) is 6.65. The Morgan fingerprint density at radius 2 is 2.26 bits per heavy atom. The topological polar surface area (TPSA) is 117 Å². The lowest BCUT2D eigenvalue weighted by Gasteiger charge is -2.23. The molecule has 0 aromatic carbocycles. The molecule has 0 radical (unpaired) electrons. The first-order valence-electron chi connectivity index (χ1n) is 8.80. The van der Waals surface area contributed by atoms with E-state index in [1.807, 2.05) is 0 Å². The van der Waals surface area contributed by atoms with Crippen LogP contribution in [0.5, 0.6) is 0 Å². The summed E-state index contributed by atoms with van der Waals surface area (Å²) in [5.74, 6) is 0.476. The lowest BCUT2D eigenvalue weighted by Crippen LogP contribution is -2.35. The van der Waals surface area contributed by atoms with E-state index in [4.69, 9.17) is 5.26 Å². The summed E-state index contributed by atoms with van der Waals surface area (Å²) in [7, 11) is 0. The number of rotatable bonds is 2. The largest absolute Gasteiger partial charge is 0.328 e. The predicted octanol–water partition coefficient (Wildman–Crippen LogP) is 1.23. The van der Waals surface area contributed by atoms with Gasteiger partial charge in [0.05, 0.1) is 41.1 Å². The van der Waals surface area contributed by atoms with Gasteiger partial charge in [0.1, 0.15) is 5.52 Å². The third-order valence-electron chi connectivity index (χ3n) is 4.98. The summed E-state index contributed by atoms with van der Waals surface area (Å²) in [5, 5.41) is 16.8. The monoisotopic (exact) mass is 360 g/mol. The Morgan fingerprint density at radius 1 is 1.33 bits per heavy atom. The van der Waals surface area contributed by atoms with E-state index in [9.17, 15) is 4.79 Å². The SMILES string of the molecule is N#Cc1ccn2ncc(-c3ncc4[nH]c(=O)n([C@@H]5CCCNC5)c4n3)c2c1. The molecule has 1 aliphatic heterocycles. The maximum absolute atomic E-state index is 12.5. The Balaban J connectivity index is 1.69. The molecule has 1 aliphatic rings. The minimum absolute atomic E-state index is 0.0665. The average Bonchev–Trinajstić information content (AvgIpc) is 3.27. The molecule has 2 N–H and O–H groups in total. The van der Waals surface area contributed by atoms with Gasteiger partial charge in [-0.2, -0.15) is 10.4 Å². The van der Waals surface area contributed by atoms with E-state index < -0.39 is 0 Å². The van der Waals surface area contributed by atoms with Crippen LogP contribution < -0.4 is 11.0 Å². The van der Waals surface area contributed by atoms with Crippen LogP contribution in [0.15, 0.2) is 35.5 Å². The molecule has 0 bridgehead atoms. The van der Waals surface area contributed by atoms with Gasteiger partial charge in [-0.05, 0) is 31.5 Å². The fraction of sp³-hybridized carbons (Fsp3) is 0.278. The van der Waals surface area contributed by atoms with Crippen molar-refractivity contribution in [3.63, 3.8) is 0 Å². The van der Waals surface area contributed by atoms with Crippen LogP contribution in [0.2, 0.25) is 0 Å². The fourth-order valence-electron chi connectivity index (χ4n) is 3.66. The number of aromatic amines is 1. The molecule has 1 fully saturated rings. The van der Waals surface area contributed by atoms with E-state index >= 15 is 0 Å². The molecule has 5 rings (SSSR count). The minimum atomic E-state index is -0.170. The van der Waals surface area contributed by atoms with E-state index in [0.29, 0.717) is 22.6 Å². The molecule has 4 aromatic heterocycles. The van der Waals surface area contributed by atoms with Crippen molar-refractivity contribution in [2.45, 2.75) is 18.9 Å². The van der Waals surface area contributed by atoms with Gasteiger partial charge in [0.15, 0.2) is 11.5 Å². The second kappa shape index (κ2) is 6.03. The Kier molecular flexibility index (Phi) is 3.51. The zero-order chi connectivity index (χ0) is 18.4. The van der Waals surface area contributed by atoms with Crippen LogP contribution in [-0.4, -0.2) is 42.2 Å². The Labute approximate surface area is 153 Å². The summed E-state index contributed by atoms with van der Waals surface area (Å²) >= 11 is 0. The number of aromatic nitrogens is 6. The van der Waals surface area contributed by atoms with Crippen LogP contribution in [0.3, 0.4) is 0 Å². The molecule has 27 heavy (non-hydrogen) atoms. The number of nitrogens with zero attached hydrogens (tertiary/aromatic N) is 6. The molecule has 0 amide bonds. The maximum atomic E-state index is 12.5. The molecule has 9 nitrogen and oxygen atoms in total. The third kappa shape index (κ3) is 2.50. The van der Waals surface area contributed by atoms with Crippen LogP contribution >= 0.6 is 0 Å². The van der Waals surface area contributed by atoms with Crippen molar-refractivity contribution in [1.82, 2.24) is 34.4 Å². The number of piperidine rings is 1. The van der Waals surface area contributed by atoms with Crippen LogP contribution in [0.1, 0.15) is 24.4 Å². The van der Waals surface area contributed by atoms with E-state index in [1.165, 1.54) is 0 Å². The van der Waals surface area contributed by atoms with Crippen LogP contribution in [-0.2, 0) is 0 Å². The molecule has 1 atom stereocenters. The van der Waals surface area contributed by atoms with Crippen molar-refractivity contribution in [2.24, 2.45) is 0 Å². The molecule has 0 unspecified atom stereocenters. The van der Waals surface area contributed by atoms with Crippen molar-refractivity contribution in [2.75, 3.05) is 13.1 Å². The minimum Gasteiger partial charge on any atom is -0.315 e. The van der Waals surface area contributed by atoms with Crippen molar-refractivity contribution in [3.8, 4) is 17.5 Å². The van der Waals surface area contributed by atoms with Gasteiger partial charge in [-0.1, -0.05) is 0 Å². The first-order valence-corrected chi connectivity index (χ1v) is 8.80.